The summed E-state index contributed by atoms with van der Waals surface area (Å²) in [5.41, 5.74) is 1.11. The van der Waals surface area contributed by atoms with Gasteiger partial charge in [0.15, 0.2) is 0 Å². The summed E-state index contributed by atoms with van der Waals surface area (Å²) in [7, 11) is 1.66. The highest BCUT2D eigenvalue weighted by Crippen LogP contribution is 2.22. The van der Waals surface area contributed by atoms with E-state index in [0.717, 1.165) is 22.4 Å². The molecule has 0 amide bonds. The van der Waals surface area contributed by atoms with Crippen molar-refractivity contribution in [1.82, 2.24) is 0 Å². The highest BCUT2D eigenvalue weighted by atomic mass is 79.9. The minimum atomic E-state index is 0.619. The fourth-order valence-electron chi connectivity index (χ4n) is 1.00. The molecular formula is C10H13BrO2. The lowest BCUT2D eigenvalue weighted by Gasteiger charge is -2.06. The second-order valence-electron chi connectivity index (χ2n) is 2.59. The Bertz CT molecular complexity index is 274. The molecule has 2 nitrogen and oxygen atoms in total. The Morgan fingerprint density at radius 1 is 1.38 bits per heavy atom. The molecule has 0 unspecified atom stereocenters. The molecule has 1 aromatic rings. The Hall–Kier alpha value is -0.540. The second kappa shape index (κ2) is 5.25. The number of methoxy groups -OCH3 is 1. The van der Waals surface area contributed by atoms with Gasteiger partial charge in [0.1, 0.15) is 5.75 Å². The zero-order valence-electron chi connectivity index (χ0n) is 7.84. The van der Waals surface area contributed by atoms with Gasteiger partial charge in [0.2, 0.25) is 0 Å². The van der Waals surface area contributed by atoms with Gasteiger partial charge in [0.25, 0.3) is 0 Å². The van der Waals surface area contributed by atoms with Gasteiger partial charge in [-0.05, 0) is 30.7 Å². The first-order valence-electron chi connectivity index (χ1n) is 4.18. The van der Waals surface area contributed by atoms with Gasteiger partial charge in [0.05, 0.1) is 13.7 Å². The van der Waals surface area contributed by atoms with E-state index in [1.54, 1.807) is 7.11 Å². The van der Waals surface area contributed by atoms with Gasteiger partial charge < -0.3 is 9.47 Å². The van der Waals surface area contributed by atoms with Crippen LogP contribution in [0, 0.1) is 0 Å². The maximum Gasteiger partial charge on any atom is 0.119 e. The van der Waals surface area contributed by atoms with Crippen LogP contribution in [-0.2, 0) is 11.3 Å². The summed E-state index contributed by atoms with van der Waals surface area (Å²) in [6, 6.07) is 5.85. The quantitative estimate of drug-likeness (QED) is 0.811. The van der Waals surface area contributed by atoms with E-state index in [0.29, 0.717) is 6.61 Å². The van der Waals surface area contributed by atoms with Crippen LogP contribution in [-0.4, -0.2) is 13.7 Å². The molecule has 0 aliphatic carbocycles. The van der Waals surface area contributed by atoms with Crippen molar-refractivity contribution in [2.45, 2.75) is 13.5 Å². The number of rotatable bonds is 4. The summed E-state index contributed by atoms with van der Waals surface area (Å²) in [4.78, 5) is 0. The molecule has 13 heavy (non-hydrogen) atoms. The van der Waals surface area contributed by atoms with E-state index < -0.39 is 0 Å². The lowest BCUT2D eigenvalue weighted by Crippen LogP contribution is -1.94. The Morgan fingerprint density at radius 2 is 2.15 bits per heavy atom. The van der Waals surface area contributed by atoms with Crippen molar-refractivity contribution < 1.29 is 9.47 Å². The van der Waals surface area contributed by atoms with Crippen LogP contribution in [0.2, 0.25) is 0 Å². The molecule has 0 saturated carbocycles. The fourth-order valence-corrected chi connectivity index (χ4v) is 1.36. The maximum atomic E-state index is 5.31. The predicted octanol–water partition coefficient (Wildman–Crippen LogP) is 2.99. The molecule has 0 N–H and O–H groups in total. The number of hydrogen-bond donors (Lipinski definition) is 0. The molecule has 0 bridgehead atoms. The van der Waals surface area contributed by atoms with Gasteiger partial charge >= 0.3 is 0 Å². The SMILES string of the molecule is CCOCc1cc(OC)ccc1Br. The van der Waals surface area contributed by atoms with Crippen LogP contribution in [0.25, 0.3) is 0 Å². The number of halogens is 1. The molecule has 1 aromatic carbocycles. The molecule has 0 aliphatic heterocycles. The summed E-state index contributed by atoms with van der Waals surface area (Å²) in [5, 5.41) is 0. The largest absolute Gasteiger partial charge is 0.497 e. The van der Waals surface area contributed by atoms with Gasteiger partial charge in [-0.15, -0.1) is 0 Å². The first-order chi connectivity index (χ1) is 6.27. The number of ether oxygens (including phenoxy) is 2. The Labute approximate surface area is 87.0 Å². The summed E-state index contributed by atoms with van der Waals surface area (Å²) in [5.74, 6) is 0.859. The first-order valence-corrected chi connectivity index (χ1v) is 4.97. The van der Waals surface area contributed by atoms with Crippen molar-refractivity contribution in [3.8, 4) is 5.75 Å². The third-order valence-corrected chi connectivity index (χ3v) is 2.49. The number of benzene rings is 1. The molecule has 72 valence electrons. The van der Waals surface area contributed by atoms with E-state index in [1.807, 2.05) is 25.1 Å². The summed E-state index contributed by atoms with van der Waals surface area (Å²) < 4.78 is 11.5. The highest BCUT2D eigenvalue weighted by molar-refractivity contribution is 9.10. The molecule has 0 heterocycles. The molecule has 0 aliphatic rings. The molecule has 0 radical (unpaired) electrons. The van der Waals surface area contributed by atoms with Crippen LogP contribution in [0.5, 0.6) is 5.75 Å². The summed E-state index contributed by atoms with van der Waals surface area (Å²) in [6.07, 6.45) is 0. The van der Waals surface area contributed by atoms with Crippen LogP contribution < -0.4 is 4.74 Å². The van der Waals surface area contributed by atoms with Gasteiger partial charge in [-0.25, -0.2) is 0 Å². The van der Waals surface area contributed by atoms with Crippen molar-refractivity contribution >= 4 is 15.9 Å². The molecule has 0 atom stereocenters. The summed E-state index contributed by atoms with van der Waals surface area (Å²) in [6.45, 7) is 3.33. The zero-order valence-corrected chi connectivity index (χ0v) is 9.43. The zero-order chi connectivity index (χ0) is 9.68. The number of hydrogen-bond acceptors (Lipinski definition) is 2. The Balaban J connectivity index is 2.78. The highest BCUT2D eigenvalue weighted by Gasteiger charge is 2.01. The van der Waals surface area contributed by atoms with Crippen LogP contribution in [0.4, 0.5) is 0 Å². The molecule has 0 aromatic heterocycles. The fraction of sp³-hybridized carbons (Fsp3) is 0.400. The van der Waals surface area contributed by atoms with E-state index in [4.69, 9.17) is 9.47 Å². The lowest BCUT2D eigenvalue weighted by molar-refractivity contribution is 0.133. The Kier molecular flexibility index (Phi) is 4.25. The van der Waals surface area contributed by atoms with Gasteiger partial charge in [0, 0.05) is 11.1 Å². The molecule has 1 rings (SSSR count). The normalized spacial score (nSPS) is 10.1. The van der Waals surface area contributed by atoms with Crippen molar-refractivity contribution in [2.75, 3.05) is 13.7 Å². The summed E-state index contributed by atoms with van der Waals surface area (Å²) >= 11 is 3.45. The smallest absolute Gasteiger partial charge is 0.119 e. The van der Waals surface area contributed by atoms with Gasteiger partial charge in [-0.1, -0.05) is 15.9 Å². The van der Waals surface area contributed by atoms with E-state index in [1.165, 1.54) is 0 Å². The Morgan fingerprint density at radius 3 is 2.77 bits per heavy atom. The average molecular weight is 245 g/mol. The third kappa shape index (κ3) is 3.01. The van der Waals surface area contributed by atoms with Crippen LogP contribution in [0.15, 0.2) is 22.7 Å². The van der Waals surface area contributed by atoms with Crippen molar-refractivity contribution in [3.05, 3.63) is 28.2 Å². The van der Waals surface area contributed by atoms with Crippen molar-refractivity contribution in [1.29, 1.82) is 0 Å². The molecular weight excluding hydrogens is 232 g/mol. The lowest BCUT2D eigenvalue weighted by atomic mass is 10.2. The van der Waals surface area contributed by atoms with E-state index in [2.05, 4.69) is 15.9 Å². The van der Waals surface area contributed by atoms with E-state index in [-0.39, 0.29) is 0 Å². The second-order valence-corrected chi connectivity index (χ2v) is 3.45. The van der Waals surface area contributed by atoms with Crippen LogP contribution >= 0.6 is 15.9 Å². The molecule has 0 spiro atoms. The van der Waals surface area contributed by atoms with Gasteiger partial charge in [-0.3, -0.25) is 0 Å². The first kappa shape index (κ1) is 10.5. The van der Waals surface area contributed by atoms with E-state index >= 15 is 0 Å². The van der Waals surface area contributed by atoms with E-state index in [9.17, 15) is 0 Å². The van der Waals surface area contributed by atoms with Gasteiger partial charge in [-0.2, -0.15) is 0 Å². The maximum absolute atomic E-state index is 5.31. The standard InChI is InChI=1S/C10H13BrO2/c1-3-13-7-8-6-9(12-2)4-5-10(8)11/h4-6H,3,7H2,1-2H3. The van der Waals surface area contributed by atoms with Crippen LogP contribution in [0.3, 0.4) is 0 Å². The third-order valence-electron chi connectivity index (χ3n) is 1.71. The average Bonchev–Trinajstić information content (AvgIpc) is 2.17. The topological polar surface area (TPSA) is 18.5 Å². The minimum absolute atomic E-state index is 0.619. The molecule has 0 fully saturated rings. The predicted molar refractivity (Wildman–Crippen MR) is 56.0 cm³/mol. The molecule has 3 heteroatoms. The minimum Gasteiger partial charge on any atom is -0.497 e. The monoisotopic (exact) mass is 244 g/mol. The van der Waals surface area contributed by atoms with Crippen molar-refractivity contribution in [2.24, 2.45) is 0 Å². The van der Waals surface area contributed by atoms with Crippen LogP contribution in [0.1, 0.15) is 12.5 Å². The van der Waals surface area contributed by atoms with Crippen molar-refractivity contribution in [3.63, 3.8) is 0 Å². The molecule has 0 saturated heterocycles.